The molecule has 2 heterocycles. The molecular weight excluding hydrogens is 376 g/mol. The number of sulfonamides is 1. The number of carbonyl (C=O) groups is 2. The maximum atomic E-state index is 12.9. The lowest BCUT2D eigenvalue weighted by Crippen LogP contribution is -2.51. The molecule has 1 saturated heterocycles. The van der Waals surface area contributed by atoms with E-state index in [4.69, 9.17) is 9.84 Å². The van der Waals surface area contributed by atoms with Crippen LogP contribution in [0, 0.1) is 0 Å². The minimum Gasteiger partial charge on any atom is -0.480 e. The number of rotatable bonds is 6. The predicted octanol–water partition coefficient (Wildman–Crippen LogP) is -0.250. The van der Waals surface area contributed by atoms with Crippen molar-refractivity contribution in [2.75, 3.05) is 39.0 Å². The Morgan fingerprint density at radius 1 is 1.44 bits per heavy atom. The molecule has 1 aliphatic heterocycles. The lowest BCUT2D eigenvalue weighted by atomic mass is 10.1. The third kappa shape index (κ3) is 4.43. The van der Waals surface area contributed by atoms with Crippen LogP contribution in [0.5, 0.6) is 0 Å². The summed E-state index contributed by atoms with van der Waals surface area (Å²) < 4.78 is 30.0. The van der Waals surface area contributed by atoms with E-state index in [1.165, 1.54) is 0 Å². The first-order valence-electron chi connectivity index (χ1n) is 8.25. The summed E-state index contributed by atoms with van der Waals surface area (Å²) in [6, 6.07) is 5.28. The van der Waals surface area contributed by atoms with Crippen molar-refractivity contribution in [2.24, 2.45) is 0 Å². The molecule has 11 heteroatoms. The Balaban J connectivity index is 1.74. The van der Waals surface area contributed by atoms with E-state index in [0.29, 0.717) is 17.5 Å². The van der Waals surface area contributed by atoms with E-state index in [1.807, 2.05) is 6.07 Å². The van der Waals surface area contributed by atoms with Gasteiger partial charge in [0.05, 0.1) is 36.2 Å². The number of H-pyrrole nitrogens is 1. The number of carbonyl (C=O) groups excluding carboxylic acids is 1. The predicted molar refractivity (Wildman–Crippen MR) is 95.8 cm³/mol. The fourth-order valence-electron chi connectivity index (χ4n) is 3.03. The normalized spacial score (nSPS) is 18.1. The van der Waals surface area contributed by atoms with Crippen molar-refractivity contribution in [1.82, 2.24) is 19.4 Å². The van der Waals surface area contributed by atoms with E-state index in [-0.39, 0.29) is 25.6 Å². The third-order valence-electron chi connectivity index (χ3n) is 4.33. The smallest absolute Gasteiger partial charge is 0.318 e. The number of nitrogens with one attached hydrogen (secondary N) is 1. The van der Waals surface area contributed by atoms with Crippen LogP contribution in [0.3, 0.4) is 0 Å². The number of aromatic amines is 1. The zero-order chi connectivity index (χ0) is 19.6. The second kappa shape index (κ2) is 7.62. The van der Waals surface area contributed by atoms with Crippen molar-refractivity contribution in [1.29, 1.82) is 0 Å². The number of morpholine rings is 1. The van der Waals surface area contributed by atoms with Gasteiger partial charge in [-0.3, -0.25) is 14.7 Å². The summed E-state index contributed by atoms with van der Waals surface area (Å²) in [5.41, 5.74) is 1.24. The maximum Gasteiger partial charge on any atom is 0.318 e. The summed E-state index contributed by atoms with van der Waals surface area (Å²) in [5, 5.41) is 16.4. The molecule has 1 atom stereocenters. The van der Waals surface area contributed by atoms with E-state index >= 15 is 0 Å². The van der Waals surface area contributed by atoms with E-state index in [2.05, 4.69) is 10.2 Å². The standard InChI is InChI=1S/C16H20N4O6S/c1-27(24,25)20(10-15(21)22)9-11-8-19(5-6-26-11)16(23)12-3-2-4-14-13(12)7-17-18-14/h2-4,7,11H,5-6,8-10H2,1H3,(H,17,18)(H,21,22). The minimum absolute atomic E-state index is 0.134. The molecule has 0 radical (unpaired) electrons. The molecule has 1 unspecified atom stereocenters. The first-order valence-corrected chi connectivity index (χ1v) is 10.1. The van der Waals surface area contributed by atoms with Crippen LogP contribution in [0.25, 0.3) is 10.9 Å². The molecule has 27 heavy (non-hydrogen) atoms. The van der Waals surface area contributed by atoms with Gasteiger partial charge < -0.3 is 14.7 Å². The summed E-state index contributed by atoms with van der Waals surface area (Å²) >= 11 is 0. The lowest BCUT2D eigenvalue weighted by Gasteiger charge is -2.35. The summed E-state index contributed by atoms with van der Waals surface area (Å²) in [4.78, 5) is 25.4. The molecule has 1 aliphatic rings. The zero-order valence-corrected chi connectivity index (χ0v) is 15.5. The molecule has 1 aromatic heterocycles. The highest BCUT2D eigenvalue weighted by molar-refractivity contribution is 7.88. The van der Waals surface area contributed by atoms with Crippen molar-refractivity contribution >= 4 is 32.8 Å². The van der Waals surface area contributed by atoms with Crippen LogP contribution in [0.2, 0.25) is 0 Å². The number of fused-ring (bicyclic) bond motifs is 1. The topological polar surface area (TPSA) is 133 Å². The number of ether oxygens (including phenoxy) is 1. The summed E-state index contributed by atoms with van der Waals surface area (Å²) in [5.74, 6) is -1.46. The Morgan fingerprint density at radius 2 is 2.22 bits per heavy atom. The molecule has 2 aromatic rings. The number of hydrogen-bond donors (Lipinski definition) is 2. The fraction of sp³-hybridized carbons (Fsp3) is 0.438. The highest BCUT2D eigenvalue weighted by Crippen LogP contribution is 2.19. The van der Waals surface area contributed by atoms with Crippen LogP contribution >= 0.6 is 0 Å². The van der Waals surface area contributed by atoms with Gasteiger partial charge in [-0.15, -0.1) is 0 Å². The molecule has 1 aromatic carbocycles. The molecule has 0 saturated carbocycles. The van der Waals surface area contributed by atoms with Crippen LogP contribution in [0.15, 0.2) is 24.4 Å². The SMILES string of the molecule is CS(=O)(=O)N(CC(=O)O)CC1CN(C(=O)c2cccc3[nH]ncc23)CCO1. The van der Waals surface area contributed by atoms with Gasteiger partial charge in [0.25, 0.3) is 5.91 Å². The van der Waals surface area contributed by atoms with Gasteiger partial charge in [-0.1, -0.05) is 6.07 Å². The quantitative estimate of drug-likeness (QED) is 0.688. The number of aliphatic carboxylic acids is 1. The molecule has 3 rings (SSSR count). The van der Waals surface area contributed by atoms with Gasteiger partial charge in [-0.05, 0) is 12.1 Å². The van der Waals surface area contributed by atoms with E-state index < -0.39 is 28.6 Å². The number of aromatic nitrogens is 2. The van der Waals surface area contributed by atoms with Crippen LogP contribution in [-0.4, -0.2) is 89.9 Å². The van der Waals surface area contributed by atoms with Crippen LogP contribution in [0.1, 0.15) is 10.4 Å². The van der Waals surface area contributed by atoms with Gasteiger partial charge in [-0.2, -0.15) is 9.40 Å². The van der Waals surface area contributed by atoms with Crippen LogP contribution < -0.4 is 0 Å². The Kier molecular flexibility index (Phi) is 5.44. The number of hydrogen-bond acceptors (Lipinski definition) is 6. The van der Waals surface area contributed by atoms with Crippen molar-refractivity contribution < 1.29 is 27.9 Å². The summed E-state index contributed by atoms with van der Waals surface area (Å²) in [6.45, 7) is -0.0195. The zero-order valence-electron chi connectivity index (χ0n) is 14.7. The molecule has 2 N–H and O–H groups in total. The largest absolute Gasteiger partial charge is 0.480 e. The van der Waals surface area contributed by atoms with E-state index in [9.17, 15) is 18.0 Å². The van der Waals surface area contributed by atoms with Crippen molar-refractivity contribution in [2.45, 2.75) is 6.10 Å². The number of carboxylic acids is 1. The third-order valence-corrected chi connectivity index (χ3v) is 5.55. The highest BCUT2D eigenvalue weighted by Gasteiger charge is 2.30. The minimum atomic E-state index is -3.71. The van der Waals surface area contributed by atoms with E-state index in [0.717, 1.165) is 16.1 Å². The van der Waals surface area contributed by atoms with Gasteiger partial charge in [-0.25, -0.2) is 8.42 Å². The fourth-order valence-corrected chi connectivity index (χ4v) is 3.82. The number of carboxylic acid groups (broad SMARTS) is 1. The molecular formula is C16H20N4O6S. The van der Waals surface area contributed by atoms with Crippen molar-refractivity contribution in [3.63, 3.8) is 0 Å². The summed E-state index contributed by atoms with van der Waals surface area (Å²) in [6.07, 6.45) is 1.92. The summed E-state index contributed by atoms with van der Waals surface area (Å²) in [7, 11) is -3.71. The average Bonchev–Trinajstić information content (AvgIpc) is 3.08. The molecule has 0 spiro atoms. The Bertz CT molecular complexity index is 957. The average molecular weight is 396 g/mol. The second-order valence-electron chi connectivity index (χ2n) is 6.33. The van der Waals surface area contributed by atoms with Gasteiger partial charge in [0, 0.05) is 25.0 Å². The molecule has 1 fully saturated rings. The molecule has 0 bridgehead atoms. The monoisotopic (exact) mass is 396 g/mol. The second-order valence-corrected chi connectivity index (χ2v) is 8.31. The molecule has 10 nitrogen and oxygen atoms in total. The van der Waals surface area contributed by atoms with Gasteiger partial charge in [0.1, 0.15) is 6.54 Å². The van der Waals surface area contributed by atoms with Gasteiger partial charge in [0.15, 0.2) is 0 Å². The Hall–Kier alpha value is -2.50. The van der Waals surface area contributed by atoms with E-state index in [1.54, 1.807) is 23.2 Å². The maximum absolute atomic E-state index is 12.9. The molecule has 0 aliphatic carbocycles. The molecule has 146 valence electrons. The van der Waals surface area contributed by atoms with Crippen molar-refractivity contribution in [3.8, 4) is 0 Å². The number of amides is 1. The van der Waals surface area contributed by atoms with Gasteiger partial charge >= 0.3 is 5.97 Å². The first kappa shape index (κ1) is 19.3. The number of nitrogens with zero attached hydrogens (tertiary/aromatic N) is 3. The Morgan fingerprint density at radius 3 is 2.93 bits per heavy atom. The van der Waals surface area contributed by atoms with Crippen LogP contribution in [0.4, 0.5) is 0 Å². The first-order chi connectivity index (χ1) is 12.8. The lowest BCUT2D eigenvalue weighted by molar-refractivity contribution is -0.137. The highest BCUT2D eigenvalue weighted by atomic mass is 32.2. The Labute approximate surface area is 155 Å². The number of benzene rings is 1. The molecule has 1 amide bonds. The van der Waals surface area contributed by atoms with Crippen LogP contribution in [-0.2, 0) is 19.6 Å². The van der Waals surface area contributed by atoms with Gasteiger partial charge in [0.2, 0.25) is 10.0 Å². The van der Waals surface area contributed by atoms with Crippen molar-refractivity contribution in [3.05, 3.63) is 30.0 Å².